The Morgan fingerprint density at radius 3 is 2.40 bits per heavy atom. The largest absolute Gasteiger partial charge is 0.340 e. The zero-order valence-corrected chi connectivity index (χ0v) is 9.20. The van der Waals surface area contributed by atoms with Gasteiger partial charge in [-0.15, -0.1) is 11.8 Å². The van der Waals surface area contributed by atoms with Gasteiger partial charge in [-0.1, -0.05) is 6.07 Å². The quantitative estimate of drug-likeness (QED) is 0.809. The van der Waals surface area contributed by atoms with E-state index in [0.717, 1.165) is 12.1 Å². The second-order valence-electron chi connectivity index (χ2n) is 2.95. The molecule has 0 saturated heterocycles. The molecule has 0 heterocycles. The van der Waals surface area contributed by atoms with Gasteiger partial charge in [0.15, 0.2) is 0 Å². The molecular formula is C10H11F2NOS. The van der Waals surface area contributed by atoms with Crippen LogP contribution in [-0.4, -0.2) is 17.5 Å². The maximum absolute atomic E-state index is 13.1. The number of thioether (sulfide) groups is 1. The number of rotatable bonds is 3. The van der Waals surface area contributed by atoms with E-state index in [9.17, 15) is 13.6 Å². The highest BCUT2D eigenvalue weighted by atomic mass is 32.2. The van der Waals surface area contributed by atoms with E-state index in [-0.39, 0.29) is 5.37 Å². The molecule has 1 aromatic rings. The molecule has 2 nitrogen and oxygen atoms in total. The number of carbonyl (C=O) groups excluding carboxylic acids is 1. The minimum absolute atomic E-state index is 0.184. The van der Waals surface area contributed by atoms with Crippen molar-refractivity contribution in [1.29, 1.82) is 0 Å². The molecule has 0 aliphatic heterocycles. The van der Waals surface area contributed by atoms with Gasteiger partial charge in [0.25, 0.3) is 5.91 Å². The van der Waals surface area contributed by atoms with Crippen molar-refractivity contribution in [2.45, 2.75) is 12.3 Å². The van der Waals surface area contributed by atoms with Gasteiger partial charge in [-0.3, -0.25) is 4.79 Å². The summed E-state index contributed by atoms with van der Waals surface area (Å²) in [5.74, 6) is -2.42. The Morgan fingerprint density at radius 1 is 1.40 bits per heavy atom. The zero-order valence-electron chi connectivity index (χ0n) is 8.38. The number of benzene rings is 1. The molecular weight excluding hydrogens is 220 g/mol. The Kier molecular flexibility index (Phi) is 4.08. The minimum Gasteiger partial charge on any atom is -0.340 e. The number of hydrogen-bond donors (Lipinski definition) is 1. The van der Waals surface area contributed by atoms with Crippen molar-refractivity contribution in [1.82, 2.24) is 5.32 Å². The van der Waals surface area contributed by atoms with Crippen LogP contribution in [0.15, 0.2) is 18.2 Å². The molecule has 0 saturated carbocycles. The highest BCUT2D eigenvalue weighted by Crippen LogP contribution is 2.12. The molecule has 1 aromatic carbocycles. The van der Waals surface area contributed by atoms with Gasteiger partial charge in [0, 0.05) is 0 Å². The molecule has 0 aliphatic rings. The fourth-order valence-electron chi connectivity index (χ4n) is 1.03. The van der Waals surface area contributed by atoms with Crippen molar-refractivity contribution in [3.8, 4) is 0 Å². The summed E-state index contributed by atoms with van der Waals surface area (Å²) in [4.78, 5) is 11.5. The van der Waals surface area contributed by atoms with Crippen LogP contribution >= 0.6 is 11.8 Å². The third kappa shape index (κ3) is 2.92. The lowest BCUT2D eigenvalue weighted by Gasteiger charge is -2.11. The van der Waals surface area contributed by atoms with Crippen LogP contribution in [0.2, 0.25) is 0 Å². The van der Waals surface area contributed by atoms with Crippen LogP contribution in [0.1, 0.15) is 17.3 Å². The van der Waals surface area contributed by atoms with Crippen LogP contribution in [0.4, 0.5) is 8.78 Å². The van der Waals surface area contributed by atoms with Gasteiger partial charge >= 0.3 is 0 Å². The van der Waals surface area contributed by atoms with Gasteiger partial charge in [0.2, 0.25) is 0 Å². The topological polar surface area (TPSA) is 29.1 Å². The zero-order chi connectivity index (χ0) is 11.4. The Hall–Kier alpha value is -1.10. The first-order valence-electron chi connectivity index (χ1n) is 4.34. The number of hydrogen-bond acceptors (Lipinski definition) is 2. The van der Waals surface area contributed by atoms with E-state index in [1.54, 1.807) is 13.2 Å². The fourth-order valence-corrected chi connectivity index (χ4v) is 1.26. The molecule has 1 N–H and O–H groups in total. The molecule has 0 bridgehead atoms. The van der Waals surface area contributed by atoms with E-state index >= 15 is 0 Å². The molecule has 1 atom stereocenters. The van der Waals surface area contributed by atoms with Gasteiger partial charge in [0.05, 0.1) is 5.37 Å². The Labute approximate surface area is 91.1 Å². The second-order valence-corrected chi connectivity index (χ2v) is 4.13. The maximum Gasteiger partial charge on any atom is 0.258 e. The summed E-state index contributed by atoms with van der Waals surface area (Å²) in [7, 11) is 0. The van der Waals surface area contributed by atoms with Gasteiger partial charge in [-0.05, 0) is 25.3 Å². The number of nitrogens with one attached hydrogen (secondary N) is 1. The Balaban J connectivity index is 2.91. The van der Waals surface area contributed by atoms with Crippen LogP contribution in [0, 0.1) is 11.6 Å². The van der Waals surface area contributed by atoms with Crippen molar-refractivity contribution in [3.63, 3.8) is 0 Å². The molecule has 5 heteroatoms. The first kappa shape index (κ1) is 12.0. The molecule has 0 spiro atoms. The molecule has 1 rings (SSSR count). The average molecular weight is 231 g/mol. The van der Waals surface area contributed by atoms with Crippen LogP contribution in [0.3, 0.4) is 0 Å². The highest BCUT2D eigenvalue weighted by Gasteiger charge is 2.17. The van der Waals surface area contributed by atoms with E-state index < -0.39 is 23.1 Å². The standard InChI is InChI=1S/C10H11F2NOS/c1-6(15-2)13-10(14)9-7(11)4-3-5-8(9)12/h3-6H,1-2H3,(H,13,14)/t6-/m0/s1. The van der Waals surface area contributed by atoms with Gasteiger partial charge in [-0.2, -0.15) is 0 Å². The Morgan fingerprint density at radius 2 is 1.93 bits per heavy atom. The summed E-state index contributed by atoms with van der Waals surface area (Å²) < 4.78 is 26.3. The van der Waals surface area contributed by atoms with Crippen LogP contribution in [0.25, 0.3) is 0 Å². The molecule has 82 valence electrons. The monoisotopic (exact) mass is 231 g/mol. The summed E-state index contributed by atoms with van der Waals surface area (Å²) in [6.45, 7) is 1.74. The molecule has 0 fully saturated rings. The number of halogens is 2. The Bertz CT molecular complexity index is 350. The second kappa shape index (κ2) is 5.11. The highest BCUT2D eigenvalue weighted by molar-refractivity contribution is 7.99. The van der Waals surface area contributed by atoms with Gasteiger partial charge < -0.3 is 5.32 Å². The van der Waals surface area contributed by atoms with Gasteiger partial charge in [-0.25, -0.2) is 8.78 Å². The first-order valence-corrected chi connectivity index (χ1v) is 5.62. The van der Waals surface area contributed by atoms with Crippen LogP contribution in [-0.2, 0) is 0 Å². The summed E-state index contributed by atoms with van der Waals surface area (Å²) in [5.41, 5.74) is -0.529. The molecule has 15 heavy (non-hydrogen) atoms. The number of carbonyl (C=O) groups is 1. The van der Waals surface area contributed by atoms with Crippen molar-refractivity contribution in [3.05, 3.63) is 35.4 Å². The third-order valence-electron chi connectivity index (χ3n) is 1.88. The minimum atomic E-state index is -0.846. The number of amides is 1. The van der Waals surface area contributed by atoms with Crippen molar-refractivity contribution in [2.24, 2.45) is 0 Å². The van der Waals surface area contributed by atoms with Gasteiger partial charge in [0.1, 0.15) is 17.2 Å². The summed E-state index contributed by atoms with van der Waals surface area (Å²) in [5, 5.41) is 2.29. The molecule has 0 aliphatic carbocycles. The smallest absolute Gasteiger partial charge is 0.258 e. The van der Waals surface area contributed by atoms with Crippen molar-refractivity contribution in [2.75, 3.05) is 6.26 Å². The van der Waals surface area contributed by atoms with Crippen molar-refractivity contribution >= 4 is 17.7 Å². The van der Waals surface area contributed by atoms with Crippen molar-refractivity contribution < 1.29 is 13.6 Å². The SMILES string of the molecule is CS[C@@H](C)NC(=O)c1c(F)cccc1F. The van der Waals surface area contributed by atoms with E-state index in [2.05, 4.69) is 5.32 Å². The predicted octanol–water partition coefficient (Wildman–Crippen LogP) is 2.40. The molecule has 1 amide bonds. The molecule has 0 radical (unpaired) electrons. The summed E-state index contributed by atoms with van der Waals surface area (Å²) in [6.07, 6.45) is 1.79. The first-order chi connectivity index (χ1) is 7.06. The predicted molar refractivity (Wildman–Crippen MR) is 56.8 cm³/mol. The summed E-state index contributed by atoms with van der Waals surface area (Å²) >= 11 is 1.38. The lowest BCUT2D eigenvalue weighted by Crippen LogP contribution is -2.31. The third-order valence-corrected chi connectivity index (χ3v) is 2.70. The summed E-state index contributed by atoms with van der Waals surface area (Å²) in [6, 6.07) is 3.34. The fraction of sp³-hybridized carbons (Fsp3) is 0.300. The van der Waals surface area contributed by atoms with E-state index in [1.807, 2.05) is 0 Å². The average Bonchev–Trinajstić information content (AvgIpc) is 2.17. The lowest BCUT2D eigenvalue weighted by molar-refractivity contribution is 0.0943. The van der Waals surface area contributed by atoms with Crippen LogP contribution < -0.4 is 5.32 Å². The lowest BCUT2D eigenvalue weighted by atomic mass is 10.2. The molecule has 0 aromatic heterocycles. The van der Waals surface area contributed by atoms with E-state index in [1.165, 1.54) is 17.8 Å². The maximum atomic E-state index is 13.1. The van der Waals surface area contributed by atoms with E-state index in [4.69, 9.17) is 0 Å². The van der Waals surface area contributed by atoms with Crippen LogP contribution in [0.5, 0.6) is 0 Å². The molecule has 0 unspecified atom stereocenters. The normalized spacial score (nSPS) is 12.3. The van der Waals surface area contributed by atoms with E-state index in [0.29, 0.717) is 0 Å².